The van der Waals surface area contributed by atoms with E-state index >= 15 is 0 Å². The second kappa shape index (κ2) is 5.94. The Balaban J connectivity index is 2.20. The van der Waals surface area contributed by atoms with Gasteiger partial charge in [0.25, 0.3) is 0 Å². The van der Waals surface area contributed by atoms with E-state index in [-0.39, 0.29) is 5.88 Å². The Bertz CT molecular complexity index is 559. The summed E-state index contributed by atoms with van der Waals surface area (Å²) in [5, 5.41) is 13.0. The predicted molar refractivity (Wildman–Crippen MR) is 70.7 cm³/mol. The average Bonchev–Trinajstić information content (AvgIpc) is 2.83. The molecule has 1 atom stereocenters. The maximum atomic E-state index is 10.2. The molecule has 0 aliphatic heterocycles. The number of aliphatic hydroxyl groups is 1. The van der Waals surface area contributed by atoms with E-state index in [0.717, 1.165) is 10.7 Å². The smallest absolute Gasteiger partial charge is 0.241 e. The van der Waals surface area contributed by atoms with Crippen molar-refractivity contribution in [3.05, 3.63) is 28.0 Å². The minimum absolute atomic E-state index is 0.264. The lowest BCUT2D eigenvalue weighted by Crippen LogP contribution is -2.08. The Labute approximate surface area is 115 Å². The molecule has 19 heavy (non-hydrogen) atoms. The maximum absolute atomic E-state index is 10.2. The number of aryl methyl sites for hydroxylation is 1. The molecule has 0 amide bonds. The van der Waals surface area contributed by atoms with Gasteiger partial charge in [-0.15, -0.1) is 11.3 Å². The third kappa shape index (κ3) is 3.18. The molecule has 2 heterocycles. The van der Waals surface area contributed by atoms with Crippen molar-refractivity contribution in [3.8, 4) is 11.8 Å². The molecule has 2 rings (SSSR count). The lowest BCUT2D eigenvalue weighted by atomic mass is 10.2. The summed E-state index contributed by atoms with van der Waals surface area (Å²) in [5.41, 5.74) is 1.33. The van der Waals surface area contributed by atoms with Crippen LogP contribution in [-0.2, 0) is 6.42 Å². The van der Waals surface area contributed by atoms with Crippen molar-refractivity contribution in [1.82, 2.24) is 15.0 Å². The van der Waals surface area contributed by atoms with E-state index in [9.17, 15) is 5.11 Å². The molecule has 0 aliphatic carbocycles. The summed E-state index contributed by atoms with van der Waals surface area (Å²) in [6.45, 7) is 1.92. The van der Waals surface area contributed by atoms with Gasteiger partial charge in [-0.25, -0.2) is 9.97 Å². The summed E-state index contributed by atoms with van der Waals surface area (Å²) in [6.07, 6.45) is 1.03. The summed E-state index contributed by atoms with van der Waals surface area (Å²) in [6, 6.07) is 0. The van der Waals surface area contributed by atoms with Crippen molar-refractivity contribution in [2.24, 2.45) is 0 Å². The number of methoxy groups -OCH3 is 2. The van der Waals surface area contributed by atoms with E-state index in [4.69, 9.17) is 9.47 Å². The summed E-state index contributed by atoms with van der Waals surface area (Å²) in [4.78, 5) is 12.5. The fourth-order valence-corrected chi connectivity index (χ4v) is 2.41. The first kappa shape index (κ1) is 13.7. The summed E-state index contributed by atoms with van der Waals surface area (Å²) < 4.78 is 10.1. The highest BCUT2D eigenvalue weighted by Gasteiger charge is 2.19. The highest BCUT2D eigenvalue weighted by atomic mass is 32.1. The monoisotopic (exact) mass is 281 g/mol. The van der Waals surface area contributed by atoms with Crippen LogP contribution in [0.1, 0.15) is 22.5 Å². The third-order valence-corrected chi connectivity index (χ3v) is 3.49. The van der Waals surface area contributed by atoms with E-state index in [1.165, 1.54) is 31.8 Å². The Kier molecular flexibility index (Phi) is 4.28. The first-order valence-corrected chi connectivity index (χ1v) is 6.56. The minimum Gasteiger partial charge on any atom is -0.480 e. The van der Waals surface area contributed by atoms with Crippen LogP contribution in [0.4, 0.5) is 0 Å². The minimum atomic E-state index is -0.807. The zero-order valence-electron chi connectivity index (χ0n) is 11.0. The van der Waals surface area contributed by atoms with E-state index in [1.807, 2.05) is 12.3 Å². The topological polar surface area (TPSA) is 77.4 Å². The second-order valence-corrected chi connectivity index (χ2v) is 4.85. The number of aromatic nitrogens is 3. The van der Waals surface area contributed by atoms with Crippen LogP contribution >= 0.6 is 11.3 Å². The maximum Gasteiger partial charge on any atom is 0.241 e. The van der Waals surface area contributed by atoms with Gasteiger partial charge in [0.15, 0.2) is 0 Å². The van der Waals surface area contributed by atoms with Crippen LogP contribution in [0.2, 0.25) is 0 Å². The molecule has 102 valence electrons. The van der Waals surface area contributed by atoms with Gasteiger partial charge in [0.2, 0.25) is 11.8 Å². The van der Waals surface area contributed by atoms with Crippen LogP contribution in [0.3, 0.4) is 0 Å². The number of hydrogen-bond acceptors (Lipinski definition) is 7. The van der Waals surface area contributed by atoms with Gasteiger partial charge in [-0.3, -0.25) is 0 Å². The quantitative estimate of drug-likeness (QED) is 0.895. The van der Waals surface area contributed by atoms with E-state index < -0.39 is 6.10 Å². The molecule has 7 heteroatoms. The third-order valence-electron chi connectivity index (χ3n) is 2.50. The lowest BCUT2D eigenvalue weighted by Gasteiger charge is -2.12. The molecule has 0 aromatic carbocycles. The molecule has 0 spiro atoms. The second-order valence-electron chi connectivity index (χ2n) is 3.91. The number of nitrogens with zero attached hydrogens (tertiary/aromatic N) is 3. The summed E-state index contributed by atoms with van der Waals surface area (Å²) in [5.74, 6) is 0.609. The van der Waals surface area contributed by atoms with Crippen molar-refractivity contribution in [3.63, 3.8) is 0 Å². The van der Waals surface area contributed by atoms with Crippen LogP contribution in [0, 0.1) is 6.92 Å². The molecule has 0 aliphatic rings. The van der Waals surface area contributed by atoms with E-state index in [0.29, 0.717) is 18.0 Å². The zero-order chi connectivity index (χ0) is 13.8. The zero-order valence-corrected chi connectivity index (χ0v) is 11.8. The normalized spacial score (nSPS) is 12.2. The van der Waals surface area contributed by atoms with Crippen molar-refractivity contribution in [2.45, 2.75) is 19.4 Å². The summed E-state index contributed by atoms with van der Waals surface area (Å²) in [7, 11) is 2.98. The van der Waals surface area contributed by atoms with Crippen molar-refractivity contribution >= 4 is 11.3 Å². The molecule has 0 radical (unpaired) electrons. The summed E-state index contributed by atoms with van der Waals surface area (Å²) >= 11 is 1.51. The Morgan fingerprint density at radius 2 is 2.11 bits per heavy atom. The average molecular weight is 281 g/mol. The first-order valence-electron chi connectivity index (χ1n) is 5.68. The lowest BCUT2D eigenvalue weighted by molar-refractivity contribution is 0.167. The van der Waals surface area contributed by atoms with Gasteiger partial charge < -0.3 is 14.6 Å². The van der Waals surface area contributed by atoms with Gasteiger partial charge in [-0.05, 0) is 6.92 Å². The van der Waals surface area contributed by atoms with E-state index in [2.05, 4.69) is 15.0 Å². The van der Waals surface area contributed by atoms with Crippen molar-refractivity contribution < 1.29 is 14.6 Å². The van der Waals surface area contributed by atoms with Crippen molar-refractivity contribution in [1.29, 1.82) is 0 Å². The molecule has 1 unspecified atom stereocenters. The largest absolute Gasteiger partial charge is 0.480 e. The molecule has 0 bridgehead atoms. The first-order chi connectivity index (χ1) is 9.13. The molecule has 2 aromatic heterocycles. The van der Waals surface area contributed by atoms with Crippen molar-refractivity contribution in [2.75, 3.05) is 14.2 Å². The van der Waals surface area contributed by atoms with Crippen LogP contribution in [0.5, 0.6) is 11.8 Å². The van der Waals surface area contributed by atoms with Crippen LogP contribution < -0.4 is 9.47 Å². The van der Waals surface area contributed by atoms with E-state index in [1.54, 1.807) is 0 Å². The highest BCUT2D eigenvalue weighted by molar-refractivity contribution is 7.09. The van der Waals surface area contributed by atoms with Gasteiger partial charge in [-0.2, -0.15) is 4.98 Å². The Morgan fingerprint density at radius 1 is 1.32 bits per heavy atom. The fourth-order valence-electron chi connectivity index (χ4n) is 1.60. The number of ether oxygens (including phenoxy) is 2. The molecular weight excluding hydrogens is 266 g/mol. The number of aliphatic hydroxyl groups excluding tert-OH is 1. The predicted octanol–water partition coefficient (Wildman–Crippen LogP) is 1.53. The fraction of sp³-hybridized carbons (Fsp3) is 0.417. The molecule has 2 aromatic rings. The number of hydrogen-bond donors (Lipinski definition) is 1. The van der Waals surface area contributed by atoms with Gasteiger partial charge in [0.05, 0.1) is 25.4 Å². The van der Waals surface area contributed by atoms with Crippen LogP contribution in [0.25, 0.3) is 0 Å². The van der Waals surface area contributed by atoms with Crippen LogP contribution in [-0.4, -0.2) is 34.3 Å². The SMILES string of the molecule is COc1cnc(C(O)Cc2nc(C)cs2)c(OC)n1. The van der Waals surface area contributed by atoms with Gasteiger partial charge >= 0.3 is 0 Å². The Hall–Kier alpha value is -1.73. The molecule has 1 N–H and O–H groups in total. The molecular formula is C12H15N3O3S. The number of thiazole rings is 1. The highest BCUT2D eigenvalue weighted by Crippen LogP contribution is 2.26. The Morgan fingerprint density at radius 3 is 2.68 bits per heavy atom. The molecule has 0 fully saturated rings. The molecule has 0 saturated carbocycles. The molecule has 0 saturated heterocycles. The standard InChI is InChI=1S/C12H15N3O3S/c1-7-6-19-10(14-7)4-8(16)11-12(18-3)15-9(17-2)5-13-11/h5-6,8,16H,4H2,1-3H3. The molecule has 6 nitrogen and oxygen atoms in total. The number of rotatable bonds is 5. The van der Waals surface area contributed by atoms with Gasteiger partial charge in [0.1, 0.15) is 11.8 Å². The van der Waals surface area contributed by atoms with Gasteiger partial charge in [0, 0.05) is 17.5 Å². The van der Waals surface area contributed by atoms with Gasteiger partial charge in [-0.1, -0.05) is 0 Å². The van der Waals surface area contributed by atoms with Crippen LogP contribution in [0.15, 0.2) is 11.6 Å².